The van der Waals surface area contributed by atoms with Crippen molar-refractivity contribution < 1.29 is 22.1 Å². The molecule has 184 valence electrons. The summed E-state index contributed by atoms with van der Waals surface area (Å²) in [5, 5.41) is 0. The quantitative estimate of drug-likeness (QED) is 0.294. The number of nitrogens with two attached hydrogens (primary N) is 1. The normalized spacial score (nSPS) is 16.5. The molecule has 1 atom stereocenters. The van der Waals surface area contributed by atoms with Crippen LogP contribution in [0.25, 0.3) is 11.1 Å². The molecule has 35 heavy (non-hydrogen) atoms. The lowest BCUT2D eigenvalue weighted by molar-refractivity contribution is -0.132. The Hall–Kier alpha value is -3.05. The number of carbonyl (C=O) groups excluding carboxylic acids is 1. The van der Waals surface area contributed by atoms with Gasteiger partial charge in [0.2, 0.25) is 18.3 Å². The fourth-order valence-electron chi connectivity index (χ4n) is 3.92. The van der Waals surface area contributed by atoms with E-state index in [2.05, 4.69) is 5.48 Å². The molecule has 0 saturated heterocycles. The summed E-state index contributed by atoms with van der Waals surface area (Å²) in [6.07, 6.45) is 0.198. The summed E-state index contributed by atoms with van der Waals surface area (Å²) in [7, 11) is -6.12. The van der Waals surface area contributed by atoms with Gasteiger partial charge in [-0.05, 0) is 84.7 Å². The van der Waals surface area contributed by atoms with Gasteiger partial charge in [-0.3, -0.25) is 4.79 Å². The van der Waals surface area contributed by atoms with E-state index in [-0.39, 0.29) is 23.7 Å². The van der Waals surface area contributed by atoms with Gasteiger partial charge in [-0.1, -0.05) is 30.3 Å². The molecular weight excluding hydrogens is 485 g/mol. The molecule has 0 bridgehead atoms. The van der Waals surface area contributed by atoms with Crippen molar-refractivity contribution in [2.75, 3.05) is 5.73 Å². The first kappa shape index (κ1) is 25.1. The van der Waals surface area contributed by atoms with Crippen LogP contribution in [0.15, 0.2) is 71.6 Å². The Kier molecular flexibility index (Phi) is 6.83. The predicted molar refractivity (Wildman–Crippen MR) is 135 cm³/mol. The van der Waals surface area contributed by atoms with E-state index < -0.39 is 30.3 Å². The summed E-state index contributed by atoms with van der Waals surface area (Å²) in [6.45, 7) is 5.77. The molecule has 0 aromatic heterocycles. The van der Waals surface area contributed by atoms with Crippen molar-refractivity contribution in [3.8, 4) is 11.1 Å². The van der Waals surface area contributed by atoms with Crippen LogP contribution in [0, 0.1) is 5.82 Å². The van der Waals surface area contributed by atoms with Crippen LogP contribution in [0.1, 0.15) is 11.1 Å². The largest absolute Gasteiger partial charge is 0.399 e. The van der Waals surface area contributed by atoms with Crippen molar-refractivity contribution in [3.63, 3.8) is 0 Å². The standard InChI is InChI=1S/C25H28FN3O4SSi/c1-35(2,3)33-28-25(30)24-15-19-6-11-22(27)14-20(19)16-29(24)34(31,32)23-12-7-18(8-13-23)17-4-9-21(26)10-5-17/h4-14,24H,15-16,27H2,1-3H3,(H,28,30)/t24-/m1/s1. The highest BCUT2D eigenvalue weighted by Crippen LogP contribution is 2.31. The van der Waals surface area contributed by atoms with Gasteiger partial charge in [0.05, 0.1) is 4.90 Å². The lowest BCUT2D eigenvalue weighted by Crippen LogP contribution is -2.53. The molecule has 1 heterocycles. The number of benzene rings is 3. The Balaban J connectivity index is 1.67. The van der Waals surface area contributed by atoms with E-state index in [1.54, 1.807) is 36.4 Å². The first-order valence-electron chi connectivity index (χ1n) is 11.2. The summed E-state index contributed by atoms with van der Waals surface area (Å²) < 4.78 is 47.5. The van der Waals surface area contributed by atoms with Crippen molar-refractivity contribution in [2.45, 2.75) is 43.5 Å². The number of sulfonamides is 1. The van der Waals surface area contributed by atoms with E-state index in [0.717, 1.165) is 22.3 Å². The van der Waals surface area contributed by atoms with Crippen molar-refractivity contribution in [1.29, 1.82) is 0 Å². The maximum absolute atomic E-state index is 13.7. The van der Waals surface area contributed by atoms with Gasteiger partial charge in [-0.25, -0.2) is 18.3 Å². The molecule has 3 aromatic rings. The minimum Gasteiger partial charge on any atom is -0.399 e. The third-order valence-electron chi connectivity index (χ3n) is 5.72. The van der Waals surface area contributed by atoms with Gasteiger partial charge >= 0.3 is 0 Å². The van der Waals surface area contributed by atoms with Crippen LogP contribution in [0.5, 0.6) is 0 Å². The van der Waals surface area contributed by atoms with E-state index in [1.165, 1.54) is 28.6 Å². The summed E-state index contributed by atoms with van der Waals surface area (Å²) in [5.41, 5.74) is 12.1. The second-order valence-electron chi connectivity index (χ2n) is 9.51. The van der Waals surface area contributed by atoms with E-state index in [9.17, 15) is 17.6 Å². The Bertz CT molecular complexity index is 1340. The monoisotopic (exact) mass is 513 g/mol. The number of nitrogen functional groups attached to an aromatic ring is 1. The van der Waals surface area contributed by atoms with E-state index >= 15 is 0 Å². The SMILES string of the molecule is C[Si](C)(C)ONC(=O)[C@H]1Cc2ccc(N)cc2CN1S(=O)(=O)c1ccc(-c2ccc(F)cc2)cc1. The molecule has 0 spiro atoms. The number of hydrogen-bond acceptors (Lipinski definition) is 5. The van der Waals surface area contributed by atoms with Crippen LogP contribution < -0.4 is 11.2 Å². The Morgan fingerprint density at radius 2 is 1.60 bits per heavy atom. The smallest absolute Gasteiger partial charge is 0.261 e. The second kappa shape index (κ2) is 9.54. The average molecular weight is 514 g/mol. The number of amides is 1. The number of nitrogens with zero attached hydrogens (tertiary/aromatic N) is 1. The number of halogens is 1. The fraction of sp³-hybridized carbons (Fsp3) is 0.240. The number of fused-ring (bicyclic) bond motifs is 1. The van der Waals surface area contributed by atoms with E-state index in [4.69, 9.17) is 10.3 Å². The van der Waals surface area contributed by atoms with Crippen molar-refractivity contribution in [3.05, 3.63) is 83.7 Å². The topological polar surface area (TPSA) is 102 Å². The summed E-state index contributed by atoms with van der Waals surface area (Å²) in [4.78, 5) is 13.2. The highest BCUT2D eigenvalue weighted by atomic mass is 32.2. The maximum atomic E-state index is 13.7. The molecule has 0 saturated carbocycles. The number of carbonyl (C=O) groups is 1. The van der Waals surface area contributed by atoms with Crippen LogP contribution in [-0.2, 0) is 32.3 Å². The van der Waals surface area contributed by atoms with Crippen molar-refractivity contribution >= 4 is 29.9 Å². The lowest BCUT2D eigenvalue weighted by Gasteiger charge is -2.35. The Labute approximate surface area is 205 Å². The molecule has 0 unspecified atom stereocenters. The van der Waals surface area contributed by atoms with E-state index in [0.29, 0.717) is 5.69 Å². The van der Waals surface area contributed by atoms with Gasteiger partial charge in [-0.15, -0.1) is 0 Å². The molecule has 1 aliphatic heterocycles. The Morgan fingerprint density at radius 3 is 2.20 bits per heavy atom. The summed E-state index contributed by atoms with van der Waals surface area (Å²) >= 11 is 0. The number of nitrogens with one attached hydrogen (secondary N) is 1. The minimum absolute atomic E-state index is 0.00739. The van der Waals surface area contributed by atoms with Gasteiger partial charge in [0, 0.05) is 12.2 Å². The third-order valence-corrected chi connectivity index (χ3v) is 8.30. The zero-order chi connectivity index (χ0) is 25.4. The third kappa shape index (κ3) is 5.62. The van der Waals surface area contributed by atoms with Crippen LogP contribution >= 0.6 is 0 Å². The molecule has 10 heteroatoms. The number of anilines is 1. The maximum Gasteiger partial charge on any atom is 0.261 e. The van der Waals surface area contributed by atoms with E-state index in [1.807, 2.05) is 25.7 Å². The first-order chi connectivity index (χ1) is 16.4. The highest BCUT2D eigenvalue weighted by molar-refractivity contribution is 7.89. The van der Waals surface area contributed by atoms with Crippen LogP contribution in [0.4, 0.5) is 10.1 Å². The number of hydroxylamine groups is 1. The Morgan fingerprint density at radius 1 is 1.00 bits per heavy atom. The molecule has 0 radical (unpaired) electrons. The summed E-state index contributed by atoms with van der Waals surface area (Å²) in [5.74, 6) is -0.859. The molecule has 1 amide bonds. The minimum atomic E-state index is -4.04. The summed E-state index contributed by atoms with van der Waals surface area (Å²) in [6, 6.07) is 16.6. The van der Waals surface area contributed by atoms with Gasteiger partial charge in [0.1, 0.15) is 11.9 Å². The van der Waals surface area contributed by atoms with Gasteiger partial charge in [0.25, 0.3) is 5.91 Å². The van der Waals surface area contributed by atoms with Crippen LogP contribution in [0.3, 0.4) is 0 Å². The molecular formula is C25H28FN3O4SSi. The average Bonchev–Trinajstić information content (AvgIpc) is 2.81. The molecule has 3 aromatic carbocycles. The van der Waals surface area contributed by atoms with Crippen LogP contribution in [-0.4, -0.2) is 33.0 Å². The van der Waals surface area contributed by atoms with Crippen molar-refractivity contribution in [2.24, 2.45) is 0 Å². The fourth-order valence-corrected chi connectivity index (χ4v) is 5.90. The lowest BCUT2D eigenvalue weighted by atomic mass is 9.95. The second-order valence-corrected chi connectivity index (χ2v) is 15.8. The molecule has 4 rings (SSSR count). The zero-order valence-electron chi connectivity index (χ0n) is 19.8. The zero-order valence-corrected chi connectivity index (χ0v) is 21.6. The number of hydrogen-bond donors (Lipinski definition) is 2. The van der Waals surface area contributed by atoms with Gasteiger partial charge in [-0.2, -0.15) is 4.31 Å². The predicted octanol–water partition coefficient (Wildman–Crippen LogP) is 4.07. The molecule has 0 aliphatic carbocycles. The van der Waals surface area contributed by atoms with Crippen molar-refractivity contribution in [1.82, 2.24) is 9.79 Å². The highest BCUT2D eigenvalue weighted by Gasteiger charge is 2.40. The molecule has 1 aliphatic rings. The molecule has 7 nitrogen and oxygen atoms in total. The van der Waals surface area contributed by atoms with Crippen LogP contribution in [0.2, 0.25) is 19.6 Å². The number of rotatable bonds is 6. The van der Waals surface area contributed by atoms with Gasteiger partial charge < -0.3 is 10.3 Å². The first-order valence-corrected chi connectivity index (χ1v) is 16.0. The molecule has 0 fully saturated rings. The van der Waals surface area contributed by atoms with Gasteiger partial charge in [0.15, 0.2) is 0 Å². The molecule has 3 N–H and O–H groups in total.